The largest absolute Gasteiger partial charge is 0.478 e. The van der Waals surface area contributed by atoms with E-state index < -0.39 is 16.0 Å². The second kappa shape index (κ2) is 7.53. The van der Waals surface area contributed by atoms with Gasteiger partial charge in [-0.2, -0.15) is 0 Å². The molecule has 1 saturated heterocycles. The lowest BCUT2D eigenvalue weighted by Crippen LogP contribution is -2.36. The maximum atomic E-state index is 12.8. The van der Waals surface area contributed by atoms with Crippen LogP contribution in [0.15, 0.2) is 35.4 Å². The molecule has 0 spiro atoms. The summed E-state index contributed by atoms with van der Waals surface area (Å²) in [5.74, 6) is -0.424. The van der Waals surface area contributed by atoms with Crippen molar-refractivity contribution in [2.24, 2.45) is 0 Å². The Morgan fingerprint density at radius 1 is 1.22 bits per heavy atom. The van der Waals surface area contributed by atoms with E-state index in [0.717, 1.165) is 18.9 Å². The zero-order chi connectivity index (χ0) is 19.6. The maximum absolute atomic E-state index is 12.8. The van der Waals surface area contributed by atoms with E-state index in [9.17, 15) is 18.3 Å². The molecule has 1 aliphatic heterocycles. The SMILES string of the molecule is Cc1cc(C(=O)O)cc(S(=O)(=O)Nc2ccc(N3CCOCC3)nc2)c1C. The van der Waals surface area contributed by atoms with Gasteiger partial charge < -0.3 is 14.7 Å². The topological polar surface area (TPSA) is 109 Å². The Labute approximate surface area is 157 Å². The lowest BCUT2D eigenvalue weighted by atomic mass is 10.1. The number of aromatic nitrogens is 1. The normalized spacial score (nSPS) is 14.8. The standard InChI is InChI=1S/C18H21N3O5S/c1-12-9-14(18(22)23)10-16(13(12)2)27(24,25)20-15-3-4-17(19-11-15)21-5-7-26-8-6-21/h3-4,9-11,20H,5-8H2,1-2H3,(H,22,23). The van der Waals surface area contributed by atoms with E-state index in [0.29, 0.717) is 30.0 Å². The van der Waals surface area contributed by atoms with Crippen LogP contribution in [-0.2, 0) is 14.8 Å². The van der Waals surface area contributed by atoms with Gasteiger partial charge in [0.05, 0.1) is 35.6 Å². The van der Waals surface area contributed by atoms with Crippen molar-refractivity contribution in [2.75, 3.05) is 35.9 Å². The highest BCUT2D eigenvalue weighted by Gasteiger charge is 2.21. The molecule has 0 unspecified atom stereocenters. The Morgan fingerprint density at radius 3 is 2.52 bits per heavy atom. The number of carboxylic acid groups (broad SMARTS) is 1. The van der Waals surface area contributed by atoms with Crippen molar-refractivity contribution in [1.82, 2.24) is 4.98 Å². The summed E-state index contributed by atoms with van der Waals surface area (Å²) in [6.07, 6.45) is 1.45. The average molecular weight is 391 g/mol. The fraction of sp³-hybridized carbons (Fsp3) is 0.333. The van der Waals surface area contributed by atoms with Gasteiger partial charge >= 0.3 is 5.97 Å². The van der Waals surface area contributed by atoms with Crippen LogP contribution in [0.25, 0.3) is 0 Å². The van der Waals surface area contributed by atoms with Gasteiger partial charge in [-0.05, 0) is 49.2 Å². The third kappa shape index (κ3) is 4.20. The van der Waals surface area contributed by atoms with Crippen molar-refractivity contribution in [1.29, 1.82) is 0 Å². The third-order valence-electron chi connectivity index (χ3n) is 4.49. The fourth-order valence-corrected chi connectivity index (χ4v) is 4.25. The molecule has 1 aromatic carbocycles. The van der Waals surface area contributed by atoms with Crippen LogP contribution in [0.3, 0.4) is 0 Å². The molecule has 144 valence electrons. The minimum absolute atomic E-state index is 0.0582. The van der Waals surface area contributed by atoms with E-state index in [1.807, 2.05) is 0 Å². The highest BCUT2D eigenvalue weighted by Crippen LogP contribution is 2.24. The third-order valence-corrected chi connectivity index (χ3v) is 6.00. The van der Waals surface area contributed by atoms with E-state index in [-0.39, 0.29) is 10.5 Å². The number of pyridine rings is 1. The van der Waals surface area contributed by atoms with Gasteiger partial charge in [-0.15, -0.1) is 0 Å². The minimum atomic E-state index is -3.95. The Bertz CT molecular complexity index is 952. The summed E-state index contributed by atoms with van der Waals surface area (Å²) in [5, 5.41) is 9.20. The van der Waals surface area contributed by atoms with Crippen molar-refractivity contribution in [2.45, 2.75) is 18.7 Å². The van der Waals surface area contributed by atoms with E-state index in [1.165, 1.54) is 18.3 Å². The van der Waals surface area contributed by atoms with Gasteiger partial charge in [0.15, 0.2) is 0 Å². The molecule has 0 amide bonds. The van der Waals surface area contributed by atoms with Gasteiger partial charge in [0.1, 0.15) is 5.82 Å². The van der Waals surface area contributed by atoms with Crippen LogP contribution in [0.2, 0.25) is 0 Å². The molecule has 2 heterocycles. The summed E-state index contributed by atoms with van der Waals surface area (Å²) in [4.78, 5) is 17.6. The summed E-state index contributed by atoms with van der Waals surface area (Å²) in [6, 6.07) is 6.01. The molecular formula is C18H21N3O5S. The van der Waals surface area contributed by atoms with Crippen LogP contribution in [0.1, 0.15) is 21.5 Å². The van der Waals surface area contributed by atoms with E-state index in [1.54, 1.807) is 26.0 Å². The van der Waals surface area contributed by atoms with E-state index in [4.69, 9.17) is 4.74 Å². The number of aryl methyl sites for hydroxylation is 1. The van der Waals surface area contributed by atoms with Gasteiger partial charge in [0.2, 0.25) is 0 Å². The number of carboxylic acids is 1. The monoisotopic (exact) mass is 391 g/mol. The number of nitrogens with one attached hydrogen (secondary N) is 1. The first kappa shape index (κ1) is 19.1. The first-order valence-corrected chi connectivity index (χ1v) is 9.92. The number of rotatable bonds is 5. The Hall–Kier alpha value is -2.65. The Morgan fingerprint density at radius 2 is 1.93 bits per heavy atom. The lowest BCUT2D eigenvalue weighted by Gasteiger charge is -2.27. The summed E-state index contributed by atoms with van der Waals surface area (Å²) < 4.78 is 33.3. The molecular weight excluding hydrogens is 370 g/mol. The molecule has 0 aliphatic carbocycles. The smallest absolute Gasteiger partial charge is 0.335 e. The number of sulfonamides is 1. The first-order valence-electron chi connectivity index (χ1n) is 8.44. The number of hydrogen-bond donors (Lipinski definition) is 2. The molecule has 1 aliphatic rings. The number of hydrogen-bond acceptors (Lipinski definition) is 6. The number of anilines is 2. The Balaban J connectivity index is 1.85. The maximum Gasteiger partial charge on any atom is 0.335 e. The quantitative estimate of drug-likeness (QED) is 0.803. The van der Waals surface area contributed by atoms with Gasteiger partial charge in [0.25, 0.3) is 10.0 Å². The second-order valence-electron chi connectivity index (χ2n) is 6.33. The van der Waals surface area contributed by atoms with Crippen LogP contribution in [0.5, 0.6) is 0 Å². The van der Waals surface area contributed by atoms with Gasteiger partial charge in [-0.25, -0.2) is 18.2 Å². The molecule has 0 radical (unpaired) electrons. The lowest BCUT2D eigenvalue weighted by molar-refractivity contribution is 0.0696. The molecule has 2 aromatic rings. The van der Waals surface area contributed by atoms with Gasteiger partial charge in [-0.1, -0.05) is 0 Å². The summed E-state index contributed by atoms with van der Waals surface area (Å²) >= 11 is 0. The van der Waals surface area contributed by atoms with Crippen LogP contribution in [0, 0.1) is 13.8 Å². The zero-order valence-electron chi connectivity index (χ0n) is 15.1. The number of morpholine rings is 1. The molecule has 27 heavy (non-hydrogen) atoms. The van der Waals surface area contributed by atoms with Crippen molar-refractivity contribution in [3.63, 3.8) is 0 Å². The molecule has 8 nitrogen and oxygen atoms in total. The molecule has 0 bridgehead atoms. The van der Waals surface area contributed by atoms with Gasteiger partial charge in [0, 0.05) is 13.1 Å². The molecule has 2 N–H and O–H groups in total. The number of ether oxygens (including phenoxy) is 1. The van der Waals surface area contributed by atoms with Gasteiger partial charge in [-0.3, -0.25) is 4.72 Å². The Kier molecular flexibility index (Phi) is 5.33. The molecule has 0 saturated carbocycles. The minimum Gasteiger partial charge on any atom is -0.478 e. The predicted octanol–water partition coefficient (Wildman–Crippen LogP) is 2.03. The summed E-state index contributed by atoms with van der Waals surface area (Å²) in [7, 11) is -3.95. The summed E-state index contributed by atoms with van der Waals surface area (Å²) in [6.45, 7) is 6.06. The van der Waals surface area contributed by atoms with Crippen molar-refractivity contribution >= 4 is 27.5 Å². The highest BCUT2D eigenvalue weighted by atomic mass is 32.2. The molecule has 0 atom stereocenters. The van der Waals surface area contributed by atoms with Crippen LogP contribution in [0.4, 0.5) is 11.5 Å². The van der Waals surface area contributed by atoms with Crippen molar-refractivity contribution < 1.29 is 23.1 Å². The van der Waals surface area contributed by atoms with Crippen molar-refractivity contribution in [3.8, 4) is 0 Å². The second-order valence-corrected chi connectivity index (χ2v) is 7.98. The highest BCUT2D eigenvalue weighted by molar-refractivity contribution is 7.92. The number of nitrogens with zero attached hydrogens (tertiary/aromatic N) is 2. The zero-order valence-corrected chi connectivity index (χ0v) is 15.9. The molecule has 9 heteroatoms. The molecule has 1 aromatic heterocycles. The molecule has 3 rings (SSSR count). The number of carbonyl (C=O) groups is 1. The first-order chi connectivity index (χ1) is 12.8. The molecule has 1 fully saturated rings. The number of benzene rings is 1. The van der Waals surface area contributed by atoms with Crippen molar-refractivity contribution in [3.05, 3.63) is 47.2 Å². The van der Waals surface area contributed by atoms with Crippen LogP contribution in [-0.4, -0.2) is 50.8 Å². The van der Waals surface area contributed by atoms with E-state index >= 15 is 0 Å². The average Bonchev–Trinajstić information content (AvgIpc) is 2.64. The summed E-state index contributed by atoms with van der Waals surface area (Å²) in [5.41, 5.74) is 1.34. The number of aromatic carboxylic acids is 1. The predicted molar refractivity (Wildman–Crippen MR) is 101 cm³/mol. The van der Waals surface area contributed by atoms with Crippen LogP contribution >= 0.6 is 0 Å². The van der Waals surface area contributed by atoms with E-state index in [2.05, 4.69) is 14.6 Å². The van der Waals surface area contributed by atoms with Crippen LogP contribution < -0.4 is 9.62 Å². The fourth-order valence-electron chi connectivity index (χ4n) is 2.87.